The summed E-state index contributed by atoms with van der Waals surface area (Å²) in [4.78, 5) is 25.0. The predicted octanol–water partition coefficient (Wildman–Crippen LogP) is 3.53. The first-order valence-electron chi connectivity index (χ1n) is 9.06. The van der Waals surface area contributed by atoms with Crippen molar-refractivity contribution in [2.24, 2.45) is 0 Å². The van der Waals surface area contributed by atoms with Crippen LogP contribution in [-0.2, 0) is 9.59 Å². The molecule has 2 aromatic carbocycles. The molecule has 0 aliphatic carbocycles. The van der Waals surface area contributed by atoms with E-state index in [4.69, 9.17) is 4.74 Å². The molecule has 7 nitrogen and oxygen atoms in total. The molecule has 1 aliphatic heterocycles. The Morgan fingerprint density at radius 1 is 1.28 bits per heavy atom. The van der Waals surface area contributed by atoms with E-state index in [-0.39, 0.29) is 24.1 Å². The van der Waals surface area contributed by atoms with Crippen LogP contribution < -0.4 is 15.4 Å². The lowest BCUT2D eigenvalue weighted by Gasteiger charge is -2.10. The lowest BCUT2D eigenvalue weighted by molar-refractivity contribution is -0.123. The molecule has 148 valence electrons. The summed E-state index contributed by atoms with van der Waals surface area (Å²) in [6, 6.07) is 12.2. The Balaban J connectivity index is 1.56. The molecule has 0 saturated carbocycles. The minimum atomic E-state index is -0.761. The van der Waals surface area contributed by atoms with Crippen LogP contribution in [0, 0.1) is 12.7 Å². The molecule has 8 heteroatoms. The number of rotatable bonds is 5. The molecule has 0 radical (unpaired) electrons. The first kappa shape index (κ1) is 18.7. The molecule has 4 rings (SSSR count). The van der Waals surface area contributed by atoms with Crippen LogP contribution in [0.1, 0.15) is 18.2 Å². The number of halogens is 1. The standard InChI is InChI=1S/C21H19FN4O3/c1-12-19(13-6-8-14(22)9-7-13)20-24-21(28)17(26(20)25-12)11-18(27)23-15-4-3-5-16(10-15)29-2/h3-10,17H,11H2,1-2H3,(H,23,27)(H,24,28). The van der Waals surface area contributed by atoms with E-state index in [2.05, 4.69) is 15.7 Å². The van der Waals surface area contributed by atoms with Gasteiger partial charge in [-0.15, -0.1) is 0 Å². The molecule has 29 heavy (non-hydrogen) atoms. The van der Waals surface area contributed by atoms with E-state index in [1.165, 1.54) is 16.8 Å². The van der Waals surface area contributed by atoms with Gasteiger partial charge in [-0.1, -0.05) is 18.2 Å². The first-order chi connectivity index (χ1) is 14.0. The van der Waals surface area contributed by atoms with Gasteiger partial charge in [-0.2, -0.15) is 5.10 Å². The van der Waals surface area contributed by atoms with Gasteiger partial charge < -0.3 is 15.4 Å². The maximum Gasteiger partial charge on any atom is 0.251 e. The van der Waals surface area contributed by atoms with Crippen LogP contribution in [0.25, 0.3) is 11.1 Å². The summed E-state index contributed by atoms with van der Waals surface area (Å²) in [5.41, 5.74) is 2.72. The van der Waals surface area contributed by atoms with Crippen LogP contribution in [-0.4, -0.2) is 28.7 Å². The molecule has 1 atom stereocenters. The topological polar surface area (TPSA) is 85.2 Å². The van der Waals surface area contributed by atoms with Crippen molar-refractivity contribution in [1.82, 2.24) is 9.78 Å². The molecule has 0 fully saturated rings. The average molecular weight is 394 g/mol. The van der Waals surface area contributed by atoms with Crippen LogP contribution in [0.3, 0.4) is 0 Å². The fraction of sp³-hybridized carbons (Fsp3) is 0.190. The van der Waals surface area contributed by atoms with Gasteiger partial charge in [0.15, 0.2) is 0 Å². The van der Waals surface area contributed by atoms with Crippen molar-refractivity contribution in [3.63, 3.8) is 0 Å². The Morgan fingerprint density at radius 3 is 2.76 bits per heavy atom. The largest absolute Gasteiger partial charge is 0.497 e. The number of amides is 2. The summed E-state index contributed by atoms with van der Waals surface area (Å²) >= 11 is 0. The SMILES string of the molecule is COc1cccc(NC(=O)CC2C(=O)Nc3c(-c4ccc(F)cc4)c(C)nn32)c1. The van der Waals surface area contributed by atoms with Crippen LogP contribution in [0.5, 0.6) is 5.75 Å². The number of hydrogen-bond donors (Lipinski definition) is 2. The third kappa shape index (κ3) is 3.56. The highest BCUT2D eigenvalue weighted by molar-refractivity contribution is 6.04. The highest BCUT2D eigenvalue weighted by Crippen LogP contribution is 2.38. The van der Waals surface area contributed by atoms with Crippen LogP contribution in [0.2, 0.25) is 0 Å². The molecular weight excluding hydrogens is 375 g/mol. The van der Waals surface area contributed by atoms with Gasteiger partial charge in [0.25, 0.3) is 5.91 Å². The van der Waals surface area contributed by atoms with E-state index < -0.39 is 6.04 Å². The third-order valence-electron chi connectivity index (χ3n) is 4.79. The van der Waals surface area contributed by atoms with Crippen molar-refractivity contribution in [1.29, 1.82) is 0 Å². The number of benzene rings is 2. The van der Waals surface area contributed by atoms with Crippen molar-refractivity contribution in [3.8, 4) is 16.9 Å². The maximum atomic E-state index is 13.3. The number of nitrogens with one attached hydrogen (secondary N) is 2. The molecule has 0 saturated heterocycles. The van der Waals surface area contributed by atoms with Gasteiger partial charge in [0.05, 0.1) is 19.2 Å². The molecule has 2 heterocycles. The lowest BCUT2D eigenvalue weighted by Crippen LogP contribution is -2.23. The van der Waals surface area contributed by atoms with Gasteiger partial charge in [0, 0.05) is 17.3 Å². The van der Waals surface area contributed by atoms with E-state index in [9.17, 15) is 14.0 Å². The number of aromatic nitrogens is 2. The van der Waals surface area contributed by atoms with Crippen molar-refractivity contribution < 1.29 is 18.7 Å². The van der Waals surface area contributed by atoms with Crippen LogP contribution >= 0.6 is 0 Å². The highest BCUT2D eigenvalue weighted by atomic mass is 19.1. The van der Waals surface area contributed by atoms with Crippen molar-refractivity contribution in [2.75, 3.05) is 17.7 Å². The number of carbonyl (C=O) groups is 2. The quantitative estimate of drug-likeness (QED) is 0.693. The first-order valence-corrected chi connectivity index (χ1v) is 9.06. The smallest absolute Gasteiger partial charge is 0.251 e. The van der Waals surface area contributed by atoms with E-state index in [0.29, 0.717) is 28.5 Å². The lowest BCUT2D eigenvalue weighted by atomic mass is 10.1. The van der Waals surface area contributed by atoms with Gasteiger partial charge in [-0.25, -0.2) is 9.07 Å². The van der Waals surface area contributed by atoms with Gasteiger partial charge in [0.2, 0.25) is 5.91 Å². The number of carbonyl (C=O) groups excluding carboxylic acids is 2. The Kier molecular flexibility index (Phi) is 4.75. The maximum absolute atomic E-state index is 13.3. The zero-order valence-corrected chi connectivity index (χ0v) is 15.9. The monoisotopic (exact) mass is 394 g/mol. The minimum Gasteiger partial charge on any atom is -0.497 e. The van der Waals surface area contributed by atoms with E-state index in [1.807, 2.05) is 6.92 Å². The van der Waals surface area contributed by atoms with E-state index >= 15 is 0 Å². The number of methoxy groups -OCH3 is 1. The van der Waals surface area contributed by atoms with Gasteiger partial charge in [-0.05, 0) is 36.8 Å². The second kappa shape index (κ2) is 7.38. The van der Waals surface area contributed by atoms with Crippen LogP contribution in [0.4, 0.5) is 15.9 Å². The Labute approximate surface area is 166 Å². The van der Waals surface area contributed by atoms with Crippen molar-refractivity contribution >= 4 is 23.3 Å². The molecule has 1 aliphatic rings. The minimum absolute atomic E-state index is 0.0694. The fourth-order valence-corrected chi connectivity index (χ4v) is 3.43. The summed E-state index contributed by atoms with van der Waals surface area (Å²) in [6.07, 6.45) is -0.0694. The zero-order valence-electron chi connectivity index (χ0n) is 15.9. The number of nitrogens with zero attached hydrogens (tertiary/aromatic N) is 2. The second-order valence-corrected chi connectivity index (χ2v) is 6.75. The zero-order chi connectivity index (χ0) is 20.5. The highest BCUT2D eigenvalue weighted by Gasteiger charge is 2.36. The number of fused-ring (bicyclic) bond motifs is 1. The molecule has 2 amide bonds. The summed E-state index contributed by atoms with van der Waals surface area (Å²) in [7, 11) is 1.55. The number of anilines is 2. The van der Waals surface area contributed by atoms with Gasteiger partial charge in [0.1, 0.15) is 23.4 Å². The third-order valence-corrected chi connectivity index (χ3v) is 4.79. The van der Waals surface area contributed by atoms with E-state index in [1.54, 1.807) is 43.5 Å². The molecule has 2 N–H and O–H groups in total. The number of aryl methyl sites for hydroxylation is 1. The summed E-state index contributed by atoms with van der Waals surface area (Å²) in [6.45, 7) is 1.81. The molecule has 3 aromatic rings. The fourth-order valence-electron chi connectivity index (χ4n) is 3.43. The van der Waals surface area contributed by atoms with Crippen molar-refractivity contribution in [3.05, 3.63) is 60.0 Å². The number of ether oxygens (including phenoxy) is 1. The molecule has 0 bridgehead atoms. The normalized spacial score (nSPS) is 15.0. The summed E-state index contributed by atoms with van der Waals surface area (Å²) in [5.74, 6) is 0.166. The summed E-state index contributed by atoms with van der Waals surface area (Å²) in [5, 5.41) is 10.0. The average Bonchev–Trinajstić information content (AvgIpc) is 3.17. The van der Waals surface area contributed by atoms with Gasteiger partial charge >= 0.3 is 0 Å². The molecular formula is C21H19FN4O3. The molecule has 1 unspecified atom stereocenters. The Bertz CT molecular complexity index is 1090. The second-order valence-electron chi connectivity index (χ2n) is 6.75. The van der Waals surface area contributed by atoms with Gasteiger partial charge in [-0.3, -0.25) is 9.59 Å². The number of hydrogen-bond acceptors (Lipinski definition) is 4. The Hall–Kier alpha value is -3.68. The van der Waals surface area contributed by atoms with Crippen molar-refractivity contribution in [2.45, 2.75) is 19.4 Å². The molecule has 0 spiro atoms. The Morgan fingerprint density at radius 2 is 2.03 bits per heavy atom. The summed E-state index contributed by atoms with van der Waals surface area (Å²) < 4.78 is 19.9. The van der Waals surface area contributed by atoms with Crippen LogP contribution in [0.15, 0.2) is 48.5 Å². The predicted molar refractivity (Wildman–Crippen MR) is 106 cm³/mol. The molecule has 1 aromatic heterocycles. The van der Waals surface area contributed by atoms with E-state index in [0.717, 1.165) is 5.56 Å².